The van der Waals surface area contributed by atoms with Gasteiger partial charge in [0.15, 0.2) is 0 Å². The number of fused-ring (bicyclic) bond motifs is 1. The van der Waals surface area contributed by atoms with E-state index in [-0.39, 0.29) is 11.4 Å². The molecule has 1 heterocycles. The number of rotatable bonds is 3. The lowest BCUT2D eigenvalue weighted by Gasteiger charge is -2.09. The molecule has 1 aromatic carbocycles. The topological polar surface area (TPSA) is 50.4 Å². The van der Waals surface area contributed by atoms with Crippen LogP contribution < -0.4 is 5.63 Å². The van der Waals surface area contributed by atoms with Gasteiger partial charge in [-0.05, 0) is 30.5 Å². The molecule has 3 nitrogen and oxygen atoms in total. The van der Waals surface area contributed by atoms with E-state index in [0.717, 1.165) is 29.4 Å². The number of hydrogen-bond donors (Lipinski definition) is 1. The molecular formula is C14H16O3. The summed E-state index contributed by atoms with van der Waals surface area (Å²) in [5.41, 5.74) is 2.00. The van der Waals surface area contributed by atoms with Crippen LogP contribution >= 0.6 is 0 Å². The van der Waals surface area contributed by atoms with Crippen LogP contribution in [0, 0.1) is 0 Å². The third-order valence-electron chi connectivity index (χ3n) is 2.96. The predicted octanol–water partition coefficient (Wildman–Crippen LogP) is 3.01. The number of phenols is 1. The Bertz CT molecular complexity index is 596. The monoisotopic (exact) mass is 232 g/mol. The fraction of sp³-hybridized carbons (Fsp3) is 0.357. The summed E-state index contributed by atoms with van der Waals surface area (Å²) in [6, 6.07) is 4.94. The van der Waals surface area contributed by atoms with Crippen molar-refractivity contribution in [2.75, 3.05) is 0 Å². The van der Waals surface area contributed by atoms with E-state index in [2.05, 4.69) is 6.92 Å². The first-order valence-corrected chi connectivity index (χ1v) is 5.95. The number of aryl methyl sites for hydroxylation is 1. The second-order valence-electron chi connectivity index (χ2n) is 4.13. The Hall–Kier alpha value is -1.77. The van der Waals surface area contributed by atoms with Crippen LogP contribution in [0.4, 0.5) is 0 Å². The Morgan fingerprint density at radius 3 is 2.65 bits per heavy atom. The Morgan fingerprint density at radius 1 is 1.24 bits per heavy atom. The highest BCUT2D eigenvalue weighted by Gasteiger charge is 2.12. The first-order chi connectivity index (χ1) is 8.17. The largest absolute Gasteiger partial charge is 0.508 e. The van der Waals surface area contributed by atoms with Gasteiger partial charge in [0.25, 0.3) is 0 Å². The van der Waals surface area contributed by atoms with Gasteiger partial charge in [-0.15, -0.1) is 0 Å². The molecule has 0 aliphatic heterocycles. The van der Waals surface area contributed by atoms with Crippen molar-refractivity contribution in [2.24, 2.45) is 0 Å². The van der Waals surface area contributed by atoms with Gasteiger partial charge in [-0.25, -0.2) is 4.79 Å². The molecule has 0 unspecified atom stereocenters. The van der Waals surface area contributed by atoms with Crippen LogP contribution in [0.3, 0.4) is 0 Å². The van der Waals surface area contributed by atoms with Crippen LogP contribution in [0.5, 0.6) is 5.75 Å². The molecule has 0 spiro atoms. The van der Waals surface area contributed by atoms with Gasteiger partial charge in [-0.2, -0.15) is 0 Å². The summed E-state index contributed by atoms with van der Waals surface area (Å²) in [6.07, 6.45) is 2.51. The fourth-order valence-electron chi connectivity index (χ4n) is 2.19. The Balaban J connectivity index is 2.82. The summed E-state index contributed by atoms with van der Waals surface area (Å²) in [5, 5.41) is 10.3. The fourth-order valence-corrected chi connectivity index (χ4v) is 2.19. The van der Waals surface area contributed by atoms with Gasteiger partial charge in [-0.1, -0.05) is 20.3 Å². The lowest BCUT2D eigenvalue weighted by Crippen LogP contribution is -2.11. The Morgan fingerprint density at radius 2 is 2.00 bits per heavy atom. The third kappa shape index (κ3) is 2.05. The van der Waals surface area contributed by atoms with E-state index in [1.165, 1.54) is 6.07 Å². The minimum absolute atomic E-state index is 0.118. The van der Waals surface area contributed by atoms with Crippen LogP contribution in [0.1, 0.15) is 31.4 Å². The Kier molecular flexibility index (Phi) is 3.18. The molecule has 90 valence electrons. The smallest absolute Gasteiger partial charge is 0.339 e. The lowest BCUT2D eigenvalue weighted by atomic mass is 9.99. The van der Waals surface area contributed by atoms with Gasteiger partial charge in [0.2, 0.25) is 0 Å². The summed E-state index contributed by atoms with van der Waals surface area (Å²) < 4.78 is 5.24. The summed E-state index contributed by atoms with van der Waals surface area (Å²) in [6.45, 7) is 4.04. The lowest BCUT2D eigenvalue weighted by molar-refractivity contribution is 0.472. The number of benzene rings is 1. The standard InChI is InChI=1S/C14H16O3/c1-3-5-11-10(4-2)14(16)17-13-8-9(15)6-7-12(11)13/h6-8,15H,3-5H2,1-2H3. The van der Waals surface area contributed by atoms with Crippen molar-refractivity contribution < 1.29 is 9.52 Å². The maximum atomic E-state index is 11.8. The van der Waals surface area contributed by atoms with Gasteiger partial charge in [0, 0.05) is 17.0 Å². The molecule has 0 saturated heterocycles. The van der Waals surface area contributed by atoms with E-state index in [9.17, 15) is 9.90 Å². The molecule has 0 amide bonds. The van der Waals surface area contributed by atoms with Crippen molar-refractivity contribution in [1.29, 1.82) is 0 Å². The van der Waals surface area contributed by atoms with Crippen LogP contribution in [-0.4, -0.2) is 5.11 Å². The maximum absolute atomic E-state index is 11.8. The zero-order valence-corrected chi connectivity index (χ0v) is 10.1. The van der Waals surface area contributed by atoms with E-state index in [1.807, 2.05) is 13.0 Å². The van der Waals surface area contributed by atoms with E-state index in [4.69, 9.17) is 4.42 Å². The van der Waals surface area contributed by atoms with Crippen molar-refractivity contribution in [1.82, 2.24) is 0 Å². The molecule has 1 aromatic heterocycles. The quantitative estimate of drug-likeness (QED) is 0.827. The molecule has 17 heavy (non-hydrogen) atoms. The molecule has 0 fully saturated rings. The molecule has 0 atom stereocenters. The summed E-state index contributed by atoms with van der Waals surface area (Å²) in [5.74, 6) is 0.118. The molecule has 0 bridgehead atoms. The normalized spacial score (nSPS) is 10.9. The minimum atomic E-state index is -0.283. The average molecular weight is 232 g/mol. The minimum Gasteiger partial charge on any atom is -0.508 e. The van der Waals surface area contributed by atoms with Crippen LogP contribution in [0.2, 0.25) is 0 Å². The number of aromatic hydroxyl groups is 1. The summed E-state index contributed by atoms with van der Waals surface area (Å²) in [7, 11) is 0. The van der Waals surface area contributed by atoms with Crippen molar-refractivity contribution in [3.05, 3.63) is 39.7 Å². The SMILES string of the molecule is CCCc1c(CC)c(=O)oc2cc(O)ccc12. The van der Waals surface area contributed by atoms with Gasteiger partial charge in [0.05, 0.1) is 0 Å². The van der Waals surface area contributed by atoms with Crippen molar-refractivity contribution in [2.45, 2.75) is 33.1 Å². The second-order valence-corrected chi connectivity index (χ2v) is 4.13. The van der Waals surface area contributed by atoms with Gasteiger partial charge in [-0.3, -0.25) is 0 Å². The number of phenolic OH excluding ortho intramolecular Hbond substituents is 1. The van der Waals surface area contributed by atoms with Crippen molar-refractivity contribution >= 4 is 11.0 Å². The molecule has 0 aliphatic carbocycles. The maximum Gasteiger partial charge on any atom is 0.339 e. The average Bonchev–Trinajstić information content (AvgIpc) is 2.29. The zero-order chi connectivity index (χ0) is 12.4. The first-order valence-electron chi connectivity index (χ1n) is 5.95. The third-order valence-corrected chi connectivity index (χ3v) is 2.96. The summed E-state index contributed by atoms with van der Waals surface area (Å²) >= 11 is 0. The van der Waals surface area contributed by atoms with Gasteiger partial charge >= 0.3 is 5.63 Å². The van der Waals surface area contributed by atoms with Gasteiger partial charge < -0.3 is 9.52 Å². The molecule has 0 saturated carbocycles. The van der Waals surface area contributed by atoms with E-state index in [0.29, 0.717) is 12.0 Å². The van der Waals surface area contributed by atoms with E-state index >= 15 is 0 Å². The van der Waals surface area contributed by atoms with Crippen molar-refractivity contribution in [3.63, 3.8) is 0 Å². The number of hydrogen-bond acceptors (Lipinski definition) is 3. The highest BCUT2D eigenvalue weighted by molar-refractivity contribution is 5.82. The van der Waals surface area contributed by atoms with Gasteiger partial charge in [0.1, 0.15) is 11.3 Å². The predicted molar refractivity (Wildman–Crippen MR) is 67.5 cm³/mol. The molecular weight excluding hydrogens is 216 g/mol. The summed E-state index contributed by atoms with van der Waals surface area (Å²) in [4.78, 5) is 11.8. The second kappa shape index (κ2) is 4.62. The molecule has 0 radical (unpaired) electrons. The van der Waals surface area contributed by atoms with Crippen LogP contribution in [0.15, 0.2) is 27.4 Å². The van der Waals surface area contributed by atoms with E-state index in [1.54, 1.807) is 6.07 Å². The zero-order valence-electron chi connectivity index (χ0n) is 10.1. The van der Waals surface area contributed by atoms with Crippen molar-refractivity contribution in [3.8, 4) is 5.75 Å². The molecule has 3 heteroatoms. The first kappa shape index (κ1) is 11.7. The Labute approximate surface area is 99.7 Å². The molecule has 0 aliphatic rings. The van der Waals surface area contributed by atoms with Crippen LogP contribution in [0.25, 0.3) is 11.0 Å². The molecule has 2 rings (SSSR count). The molecule has 2 aromatic rings. The van der Waals surface area contributed by atoms with Crippen LogP contribution in [-0.2, 0) is 12.8 Å². The van der Waals surface area contributed by atoms with E-state index < -0.39 is 0 Å². The molecule has 1 N–H and O–H groups in total. The highest BCUT2D eigenvalue weighted by atomic mass is 16.4. The highest BCUT2D eigenvalue weighted by Crippen LogP contribution is 2.25.